The zero-order valence-electron chi connectivity index (χ0n) is 17.0. The van der Waals surface area contributed by atoms with E-state index in [1.165, 1.54) is 48.5 Å². The number of halogens is 2. The van der Waals surface area contributed by atoms with Crippen LogP contribution in [-0.4, -0.2) is 34.8 Å². The number of aliphatic hydroxyl groups is 1. The van der Waals surface area contributed by atoms with Crippen molar-refractivity contribution in [3.8, 4) is 0 Å². The second-order valence-electron chi connectivity index (χ2n) is 8.55. The fraction of sp³-hybridized carbons (Fsp3) is 0.435. The van der Waals surface area contributed by atoms with E-state index >= 15 is 0 Å². The minimum atomic E-state index is -1.50. The van der Waals surface area contributed by atoms with E-state index in [-0.39, 0.29) is 12.5 Å². The number of amides is 1. The van der Waals surface area contributed by atoms with E-state index in [1.807, 2.05) is 0 Å². The summed E-state index contributed by atoms with van der Waals surface area (Å²) in [5.74, 6) is -1.18. The molecule has 1 N–H and O–H groups in total. The second-order valence-corrected chi connectivity index (χ2v) is 8.55. The average Bonchev–Trinajstić information content (AvgIpc) is 2.67. The van der Waals surface area contributed by atoms with Gasteiger partial charge in [-0.1, -0.05) is 24.3 Å². The molecule has 0 radical (unpaired) electrons. The minimum Gasteiger partial charge on any atom is -0.444 e. The van der Waals surface area contributed by atoms with Gasteiger partial charge in [-0.25, -0.2) is 13.6 Å². The standard InChI is InChI=1S/C23H27F2NO3/c1-22(2,3)29-21(27)26-14-4-5-18(15-26)23(28,16-6-10-19(24)11-7-16)17-8-12-20(25)13-9-17/h6-13,18,28H,4-5,14-15H2,1-3H3/t18-/m0/s1. The fourth-order valence-electron chi connectivity index (χ4n) is 3.86. The van der Waals surface area contributed by atoms with Crippen LogP contribution in [0.4, 0.5) is 13.6 Å². The van der Waals surface area contributed by atoms with Gasteiger partial charge in [-0.2, -0.15) is 0 Å². The first-order valence-electron chi connectivity index (χ1n) is 9.82. The Bertz CT molecular complexity index is 798. The SMILES string of the molecule is CC(C)(C)OC(=O)N1CCC[C@H](C(O)(c2ccc(F)cc2)c2ccc(F)cc2)C1. The Kier molecular flexibility index (Phi) is 5.94. The van der Waals surface area contributed by atoms with Crippen LogP contribution in [0.2, 0.25) is 0 Å². The van der Waals surface area contributed by atoms with E-state index in [0.717, 1.165) is 0 Å². The number of likely N-dealkylation sites (tertiary alicyclic amines) is 1. The molecule has 2 aromatic carbocycles. The number of hydrogen-bond acceptors (Lipinski definition) is 3. The Labute approximate surface area is 170 Å². The third-order valence-electron chi connectivity index (χ3n) is 5.23. The molecule has 29 heavy (non-hydrogen) atoms. The van der Waals surface area contributed by atoms with E-state index in [4.69, 9.17) is 4.74 Å². The highest BCUT2D eigenvalue weighted by Gasteiger charge is 2.43. The van der Waals surface area contributed by atoms with Crippen LogP contribution in [0.15, 0.2) is 48.5 Å². The smallest absolute Gasteiger partial charge is 0.410 e. The molecule has 1 atom stereocenters. The van der Waals surface area contributed by atoms with Gasteiger partial charge in [0.2, 0.25) is 0 Å². The predicted molar refractivity (Wildman–Crippen MR) is 106 cm³/mol. The van der Waals surface area contributed by atoms with Crippen LogP contribution in [0, 0.1) is 17.6 Å². The van der Waals surface area contributed by atoms with Crippen LogP contribution in [0.3, 0.4) is 0 Å². The highest BCUT2D eigenvalue weighted by molar-refractivity contribution is 5.68. The number of carbonyl (C=O) groups excluding carboxylic acids is 1. The molecule has 1 saturated heterocycles. The first kappa shape index (κ1) is 21.2. The number of carbonyl (C=O) groups is 1. The van der Waals surface area contributed by atoms with Crippen LogP contribution in [0.1, 0.15) is 44.7 Å². The van der Waals surface area contributed by atoms with Crippen LogP contribution < -0.4 is 0 Å². The van der Waals surface area contributed by atoms with Crippen molar-refractivity contribution in [2.75, 3.05) is 13.1 Å². The van der Waals surface area contributed by atoms with Gasteiger partial charge < -0.3 is 14.7 Å². The number of benzene rings is 2. The zero-order chi connectivity index (χ0) is 21.2. The normalized spacial score (nSPS) is 17.9. The fourth-order valence-corrected chi connectivity index (χ4v) is 3.86. The van der Waals surface area contributed by atoms with Crippen LogP contribution in [0.25, 0.3) is 0 Å². The molecular formula is C23H27F2NO3. The summed E-state index contributed by atoms with van der Waals surface area (Å²) in [7, 11) is 0. The van der Waals surface area contributed by atoms with Gasteiger partial charge in [0.05, 0.1) is 0 Å². The maximum absolute atomic E-state index is 13.5. The van der Waals surface area contributed by atoms with Gasteiger partial charge in [-0.3, -0.25) is 0 Å². The van der Waals surface area contributed by atoms with Gasteiger partial charge in [-0.15, -0.1) is 0 Å². The Morgan fingerprint density at radius 2 is 1.48 bits per heavy atom. The van der Waals surface area contributed by atoms with Crippen molar-refractivity contribution in [1.82, 2.24) is 4.90 Å². The topological polar surface area (TPSA) is 49.8 Å². The Morgan fingerprint density at radius 3 is 1.93 bits per heavy atom. The highest BCUT2D eigenvalue weighted by Crippen LogP contribution is 2.41. The lowest BCUT2D eigenvalue weighted by molar-refractivity contribution is -0.0301. The molecule has 0 saturated carbocycles. The van der Waals surface area contributed by atoms with Gasteiger partial charge in [0.25, 0.3) is 0 Å². The molecule has 1 aliphatic rings. The number of piperidine rings is 1. The number of hydrogen-bond donors (Lipinski definition) is 1. The van der Waals surface area contributed by atoms with Crippen molar-refractivity contribution in [3.05, 3.63) is 71.3 Å². The second kappa shape index (κ2) is 8.11. The van der Waals surface area contributed by atoms with Crippen LogP contribution in [0.5, 0.6) is 0 Å². The summed E-state index contributed by atoms with van der Waals surface area (Å²) in [5.41, 5.74) is -1.11. The summed E-state index contributed by atoms with van der Waals surface area (Å²) in [6, 6.07) is 11.3. The van der Waals surface area contributed by atoms with Crippen LogP contribution in [-0.2, 0) is 10.3 Å². The van der Waals surface area contributed by atoms with E-state index < -0.39 is 28.9 Å². The van der Waals surface area contributed by atoms with E-state index in [0.29, 0.717) is 30.5 Å². The third-order valence-corrected chi connectivity index (χ3v) is 5.23. The zero-order valence-corrected chi connectivity index (χ0v) is 17.0. The maximum Gasteiger partial charge on any atom is 0.410 e. The lowest BCUT2D eigenvalue weighted by Crippen LogP contribution is -2.49. The van der Waals surface area contributed by atoms with E-state index in [2.05, 4.69) is 0 Å². The molecule has 0 bridgehead atoms. The number of rotatable bonds is 3. The van der Waals surface area contributed by atoms with Gasteiger partial charge in [0, 0.05) is 19.0 Å². The van der Waals surface area contributed by atoms with Gasteiger partial charge in [0.15, 0.2) is 0 Å². The molecule has 0 aromatic heterocycles. The number of nitrogens with zero attached hydrogens (tertiary/aromatic N) is 1. The molecule has 4 nitrogen and oxygen atoms in total. The van der Waals surface area contributed by atoms with Crippen molar-refractivity contribution in [3.63, 3.8) is 0 Å². The van der Waals surface area contributed by atoms with Gasteiger partial charge in [-0.05, 0) is 69.0 Å². The summed E-state index contributed by atoms with van der Waals surface area (Å²) in [5, 5.41) is 11.9. The van der Waals surface area contributed by atoms with Crippen LogP contribution >= 0.6 is 0 Å². The Morgan fingerprint density at radius 1 is 1.00 bits per heavy atom. The quantitative estimate of drug-likeness (QED) is 0.797. The lowest BCUT2D eigenvalue weighted by atomic mass is 9.73. The Balaban J connectivity index is 1.96. The molecule has 0 spiro atoms. The largest absolute Gasteiger partial charge is 0.444 e. The molecule has 6 heteroatoms. The minimum absolute atomic E-state index is 0.278. The first-order valence-corrected chi connectivity index (χ1v) is 9.82. The molecule has 1 amide bonds. The monoisotopic (exact) mass is 403 g/mol. The highest BCUT2D eigenvalue weighted by atomic mass is 19.1. The first-order chi connectivity index (χ1) is 13.6. The van der Waals surface area contributed by atoms with Gasteiger partial charge >= 0.3 is 6.09 Å². The molecule has 0 unspecified atom stereocenters. The number of ether oxygens (including phenoxy) is 1. The summed E-state index contributed by atoms with van der Waals surface area (Å²) < 4.78 is 32.5. The third kappa shape index (κ3) is 4.75. The van der Waals surface area contributed by atoms with E-state index in [1.54, 1.807) is 25.7 Å². The predicted octanol–water partition coefficient (Wildman–Crippen LogP) is 4.85. The van der Waals surface area contributed by atoms with Crippen molar-refractivity contribution >= 4 is 6.09 Å². The molecule has 1 fully saturated rings. The Hall–Kier alpha value is -2.47. The van der Waals surface area contributed by atoms with Gasteiger partial charge in [0.1, 0.15) is 22.8 Å². The molecule has 2 aromatic rings. The summed E-state index contributed by atoms with van der Waals surface area (Å²) in [6.45, 7) is 6.23. The van der Waals surface area contributed by atoms with E-state index in [9.17, 15) is 18.7 Å². The average molecular weight is 403 g/mol. The molecule has 0 aliphatic carbocycles. The lowest BCUT2D eigenvalue weighted by Gasteiger charge is -2.43. The molecular weight excluding hydrogens is 376 g/mol. The summed E-state index contributed by atoms with van der Waals surface area (Å²) in [4.78, 5) is 14.2. The molecule has 1 heterocycles. The molecule has 3 rings (SSSR count). The van der Waals surface area contributed by atoms with Crippen molar-refractivity contribution in [1.29, 1.82) is 0 Å². The van der Waals surface area contributed by atoms with Crippen molar-refractivity contribution < 1.29 is 23.4 Å². The summed E-state index contributed by atoms with van der Waals surface area (Å²) >= 11 is 0. The molecule has 1 aliphatic heterocycles. The molecule has 156 valence electrons. The maximum atomic E-state index is 13.5. The van der Waals surface area contributed by atoms with Crippen molar-refractivity contribution in [2.24, 2.45) is 5.92 Å². The van der Waals surface area contributed by atoms with Crippen molar-refractivity contribution in [2.45, 2.75) is 44.8 Å². The summed E-state index contributed by atoms with van der Waals surface area (Å²) in [6.07, 6.45) is 0.918.